The minimum atomic E-state index is -4.78. The van der Waals surface area contributed by atoms with Crippen LogP contribution >= 0.6 is 0 Å². The van der Waals surface area contributed by atoms with Crippen molar-refractivity contribution in [1.29, 1.82) is 0 Å². The monoisotopic (exact) mass is 525 g/mol. The summed E-state index contributed by atoms with van der Waals surface area (Å²) < 4.78 is 52.5. The smallest absolute Gasteiger partial charge is 0.489 e. The fraction of sp³-hybridized carbons (Fsp3) is 0.310. The topological polar surface area (TPSA) is 65.1 Å². The summed E-state index contributed by atoms with van der Waals surface area (Å²) in [4.78, 5) is 26.5. The number of rotatable bonds is 8. The minimum Gasteiger partial charge on any atom is -0.489 e. The Morgan fingerprint density at radius 2 is 1.82 bits per heavy atom. The zero-order valence-corrected chi connectivity index (χ0v) is 20.7. The molecule has 1 aliphatic heterocycles. The van der Waals surface area contributed by atoms with Crippen molar-refractivity contribution >= 4 is 17.6 Å². The second-order valence-corrected chi connectivity index (χ2v) is 9.27. The Morgan fingerprint density at radius 1 is 1.05 bits per heavy atom. The fourth-order valence-electron chi connectivity index (χ4n) is 5.13. The molecule has 2 aliphatic rings. The Bertz CT molecular complexity index is 1350. The molecule has 6 nitrogen and oxygen atoms in total. The van der Waals surface area contributed by atoms with Crippen LogP contribution in [0.15, 0.2) is 60.7 Å². The molecule has 3 aromatic rings. The van der Waals surface area contributed by atoms with Crippen LogP contribution in [0.3, 0.4) is 0 Å². The van der Waals surface area contributed by atoms with Crippen LogP contribution in [0.4, 0.5) is 18.9 Å². The van der Waals surface area contributed by atoms with Crippen molar-refractivity contribution in [2.75, 3.05) is 11.5 Å². The van der Waals surface area contributed by atoms with Gasteiger partial charge in [-0.05, 0) is 90.4 Å². The van der Waals surface area contributed by atoms with E-state index in [9.17, 15) is 22.8 Å². The number of hydrogen-bond donors (Lipinski definition) is 0. The van der Waals surface area contributed by atoms with Gasteiger partial charge in [-0.25, -0.2) is 0 Å². The molecule has 0 unspecified atom stereocenters. The number of aryl methyl sites for hydroxylation is 1. The van der Waals surface area contributed by atoms with Gasteiger partial charge in [-0.2, -0.15) is 0 Å². The molecule has 1 atom stereocenters. The maximum absolute atomic E-state index is 13.1. The molecule has 1 amide bonds. The zero-order chi connectivity index (χ0) is 26.9. The molecule has 0 N–H and O–H groups in total. The van der Waals surface area contributed by atoms with Gasteiger partial charge in [0.15, 0.2) is 0 Å². The predicted octanol–water partition coefficient (Wildman–Crippen LogP) is 6.31. The van der Waals surface area contributed by atoms with Gasteiger partial charge >= 0.3 is 12.3 Å². The van der Waals surface area contributed by atoms with Crippen molar-refractivity contribution in [3.05, 3.63) is 88.5 Å². The number of fused-ring (bicyclic) bond motifs is 2. The first kappa shape index (κ1) is 25.6. The third-order valence-corrected chi connectivity index (χ3v) is 6.88. The van der Waals surface area contributed by atoms with Crippen LogP contribution in [0.25, 0.3) is 0 Å². The maximum atomic E-state index is 13.1. The number of amides is 1. The lowest BCUT2D eigenvalue weighted by molar-refractivity contribution is -0.274. The largest absolute Gasteiger partial charge is 0.573 e. The Kier molecular flexibility index (Phi) is 7.01. The first-order valence-corrected chi connectivity index (χ1v) is 12.4. The van der Waals surface area contributed by atoms with Crippen molar-refractivity contribution in [2.45, 2.75) is 51.6 Å². The number of alkyl halides is 3. The second kappa shape index (κ2) is 10.4. The zero-order valence-electron chi connectivity index (χ0n) is 20.7. The van der Waals surface area contributed by atoms with Gasteiger partial charge in [0.05, 0.1) is 19.6 Å². The van der Waals surface area contributed by atoms with E-state index in [4.69, 9.17) is 9.47 Å². The normalized spacial score (nSPS) is 16.3. The van der Waals surface area contributed by atoms with E-state index in [1.807, 2.05) is 24.3 Å². The molecule has 0 spiro atoms. The Balaban J connectivity index is 1.26. The summed E-state index contributed by atoms with van der Waals surface area (Å²) in [7, 11) is 0. The van der Waals surface area contributed by atoms with Crippen molar-refractivity contribution in [1.82, 2.24) is 0 Å². The summed E-state index contributed by atoms with van der Waals surface area (Å²) in [6.07, 6.45) is -2.64. The van der Waals surface area contributed by atoms with Gasteiger partial charge in [-0.1, -0.05) is 18.2 Å². The highest BCUT2D eigenvalue weighted by atomic mass is 19.4. The highest BCUT2D eigenvalue weighted by molar-refractivity contribution is 6.10. The lowest BCUT2D eigenvalue weighted by atomic mass is 9.98. The van der Waals surface area contributed by atoms with Crippen LogP contribution in [0, 0.1) is 0 Å². The van der Waals surface area contributed by atoms with Crippen LogP contribution in [0.1, 0.15) is 58.3 Å². The van der Waals surface area contributed by atoms with Crippen molar-refractivity contribution in [2.24, 2.45) is 0 Å². The summed E-state index contributed by atoms with van der Waals surface area (Å²) in [5.74, 6) is 0.108. The van der Waals surface area contributed by atoms with Gasteiger partial charge in [-0.15, -0.1) is 13.2 Å². The number of hydrogen-bond acceptors (Lipinski definition) is 5. The predicted molar refractivity (Wildman–Crippen MR) is 133 cm³/mol. The van der Waals surface area contributed by atoms with E-state index in [0.717, 1.165) is 35.1 Å². The summed E-state index contributed by atoms with van der Waals surface area (Å²) >= 11 is 0. The molecule has 9 heteroatoms. The van der Waals surface area contributed by atoms with Crippen molar-refractivity contribution in [3.8, 4) is 11.5 Å². The summed E-state index contributed by atoms with van der Waals surface area (Å²) in [6.45, 7) is 2.72. The van der Waals surface area contributed by atoms with Crippen LogP contribution in [0.2, 0.25) is 0 Å². The number of ether oxygens (including phenoxy) is 3. The van der Waals surface area contributed by atoms with Gasteiger partial charge < -0.3 is 19.1 Å². The van der Waals surface area contributed by atoms with E-state index in [-0.39, 0.29) is 36.7 Å². The second-order valence-electron chi connectivity index (χ2n) is 9.27. The molecule has 3 aromatic carbocycles. The van der Waals surface area contributed by atoms with Gasteiger partial charge in [0.1, 0.15) is 18.1 Å². The number of carbonyl (C=O) groups is 2. The molecule has 1 heterocycles. The van der Waals surface area contributed by atoms with Gasteiger partial charge in [0.25, 0.3) is 5.91 Å². The average Bonchev–Trinajstić information content (AvgIpc) is 3.43. The molecule has 1 aliphatic carbocycles. The lowest BCUT2D eigenvalue weighted by Crippen LogP contribution is -2.23. The third-order valence-electron chi connectivity index (χ3n) is 6.88. The van der Waals surface area contributed by atoms with E-state index in [1.165, 1.54) is 29.2 Å². The van der Waals surface area contributed by atoms with Crippen LogP contribution in [-0.4, -0.2) is 24.8 Å². The van der Waals surface area contributed by atoms with Crippen LogP contribution in [-0.2, 0) is 29.1 Å². The standard InChI is InChI=1S/C29H26F3NO5/c1-2-36-27(34)15-19-7-6-18-14-23(12-13-24(18)19)37-17-20-4-3-5-25-26(20)16-33(28(25)35)21-8-10-22(11-9-21)38-29(30,31)32/h3-5,8-14,19H,2,6-7,15-17H2,1H3/t19-/m0/s1. The van der Waals surface area contributed by atoms with Crippen LogP contribution < -0.4 is 14.4 Å². The number of benzene rings is 3. The van der Waals surface area contributed by atoms with E-state index < -0.39 is 6.36 Å². The molecule has 198 valence electrons. The Labute approximate surface area is 217 Å². The Morgan fingerprint density at radius 3 is 2.55 bits per heavy atom. The number of halogens is 3. The number of nitrogens with zero attached hydrogens (tertiary/aromatic N) is 1. The summed E-state index contributed by atoms with van der Waals surface area (Å²) in [6, 6.07) is 16.6. The number of carbonyl (C=O) groups excluding carboxylic acids is 2. The highest BCUT2D eigenvalue weighted by Crippen LogP contribution is 2.38. The van der Waals surface area contributed by atoms with Crippen LogP contribution in [0.5, 0.6) is 11.5 Å². The SMILES string of the molecule is CCOC(=O)C[C@@H]1CCc2cc(OCc3cccc4c3CN(c3ccc(OC(F)(F)F)cc3)C4=O)ccc21. The molecule has 0 saturated heterocycles. The quantitative estimate of drug-likeness (QED) is 0.323. The molecule has 0 aromatic heterocycles. The fourth-order valence-corrected chi connectivity index (χ4v) is 5.13. The van der Waals surface area contributed by atoms with E-state index in [0.29, 0.717) is 30.0 Å². The average molecular weight is 526 g/mol. The first-order chi connectivity index (χ1) is 18.2. The lowest BCUT2D eigenvalue weighted by Gasteiger charge is -2.17. The molecule has 38 heavy (non-hydrogen) atoms. The molecule has 0 bridgehead atoms. The van der Waals surface area contributed by atoms with E-state index >= 15 is 0 Å². The minimum absolute atomic E-state index is 0.154. The number of anilines is 1. The molecular formula is C29H26F3NO5. The highest BCUT2D eigenvalue weighted by Gasteiger charge is 2.33. The van der Waals surface area contributed by atoms with Crippen molar-refractivity contribution < 1.29 is 37.0 Å². The first-order valence-electron chi connectivity index (χ1n) is 12.4. The molecular weight excluding hydrogens is 499 g/mol. The van der Waals surface area contributed by atoms with Gasteiger partial charge in [0.2, 0.25) is 0 Å². The molecule has 0 radical (unpaired) electrons. The maximum Gasteiger partial charge on any atom is 0.573 e. The summed E-state index contributed by atoms with van der Waals surface area (Å²) in [5, 5.41) is 0. The Hall–Kier alpha value is -4.01. The summed E-state index contributed by atoms with van der Waals surface area (Å²) in [5.41, 5.74) is 5.01. The van der Waals surface area contributed by atoms with Gasteiger partial charge in [0, 0.05) is 11.3 Å². The molecule has 0 saturated carbocycles. The molecule has 0 fully saturated rings. The molecule has 5 rings (SSSR count). The third kappa shape index (κ3) is 5.46. The van der Waals surface area contributed by atoms with Gasteiger partial charge in [-0.3, -0.25) is 9.59 Å². The number of esters is 1. The van der Waals surface area contributed by atoms with E-state index in [1.54, 1.807) is 19.1 Å². The van der Waals surface area contributed by atoms with E-state index in [2.05, 4.69) is 4.74 Å². The van der Waals surface area contributed by atoms with Crippen molar-refractivity contribution in [3.63, 3.8) is 0 Å².